The Morgan fingerprint density at radius 2 is 2.24 bits per heavy atom. The van der Waals surface area contributed by atoms with Gasteiger partial charge in [-0.05, 0) is 59.3 Å². The predicted molar refractivity (Wildman–Crippen MR) is 91.6 cm³/mol. The van der Waals surface area contributed by atoms with E-state index in [9.17, 15) is 0 Å². The quantitative estimate of drug-likeness (QED) is 0.365. The molecule has 0 bridgehead atoms. The summed E-state index contributed by atoms with van der Waals surface area (Å²) in [4.78, 5) is 7.80. The number of hydrogen-bond donors (Lipinski definition) is 2. The standard InChI is InChI=1S/C15H14IN5/c1-11(12-4-2-5-13(16)8-12)20-15(19-10-17)21-14-6-3-7-18-9-14/h2-9,11H,1H3,(H2,19,20,21). The van der Waals surface area contributed by atoms with Crippen LogP contribution in [-0.2, 0) is 0 Å². The minimum atomic E-state index is 0.0241. The first-order valence-electron chi connectivity index (χ1n) is 6.35. The van der Waals surface area contributed by atoms with Gasteiger partial charge in [0.05, 0.1) is 17.9 Å². The summed E-state index contributed by atoms with van der Waals surface area (Å²) in [5.74, 6) is 0.400. The van der Waals surface area contributed by atoms with Crippen LogP contribution in [0, 0.1) is 15.0 Å². The molecule has 0 aliphatic carbocycles. The van der Waals surface area contributed by atoms with Crippen molar-refractivity contribution < 1.29 is 0 Å². The molecular formula is C15H14IN5. The second-order valence-electron chi connectivity index (χ2n) is 4.35. The van der Waals surface area contributed by atoms with Crippen LogP contribution >= 0.6 is 22.6 Å². The number of nitrogens with zero attached hydrogens (tertiary/aromatic N) is 3. The molecule has 6 heteroatoms. The van der Waals surface area contributed by atoms with Crippen LogP contribution in [0.25, 0.3) is 0 Å². The minimum absolute atomic E-state index is 0.0241. The van der Waals surface area contributed by atoms with Gasteiger partial charge < -0.3 is 10.6 Å². The Labute approximate surface area is 137 Å². The van der Waals surface area contributed by atoms with E-state index in [-0.39, 0.29) is 6.04 Å². The van der Waals surface area contributed by atoms with Crippen molar-refractivity contribution in [2.45, 2.75) is 13.0 Å². The van der Waals surface area contributed by atoms with Gasteiger partial charge in [-0.15, -0.1) is 4.99 Å². The van der Waals surface area contributed by atoms with E-state index in [1.807, 2.05) is 37.3 Å². The first-order valence-corrected chi connectivity index (χ1v) is 7.43. The fourth-order valence-corrected chi connectivity index (χ4v) is 2.35. The lowest BCUT2D eigenvalue weighted by molar-refractivity contribution is 0.715. The number of hydrogen-bond acceptors (Lipinski definition) is 3. The lowest BCUT2D eigenvalue weighted by Crippen LogP contribution is -2.32. The maximum atomic E-state index is 8.81. The van der Waals surface area contributed by atoms with Crippen LogP contribution in [0.4, 0.5) is 5.69 Å². The summed E-state index contributed by atoms with van der Waals surface area (Å²) >= 11 is 2.27. The smallest absolute Gasteiger partial charge is 0.212 e. The molecule has 0 saturated carbocycles. The van der Waals surface area contributed by atoms with Crippen LogP contribution in [0.3, 0.4) is 0 Å². The van der Waals surface area contributed by atoms with Gasteiger partial charge >= 0.3 is 0 Å². The number of nitriles is 1. The molecule has 1 aromatic heterocycles. The Kier molecular flexibility index (Phi) is 5.51. The van der Waals surface area contributed by atoms with E-state index in [0.29, 0.717) is 5.96 Å². The fourth-order valence-electron chi connectivity index (χ4n) is 1.78. The average Bonchev–Trinajstić information content (AvgIpc) is 2.48. The molecule has 0 radical (unpaired) electrons. The molecule has 21 heavy (non-hydrogen) atoms. The predicted octanol–water partition coefficient (Wildman–Crippen LogP) is 3.29. The first-order chi connectivity index (χ1) is 10.2. The number of aromatic nitrogens is 1. The zero-order valence-corrected chi connectivity index (χ0v) is 13.6. The van der Waals surface area contributed by atoms with Gasteiger partial charge in [0, 0.05) is 9.77 Å². The number of anilines is 1. The van der Waals surface area contributed by atoms with Crippen molar-refractivity contribution >= 4 is 34.2 Å². The second kappa shape index (κ2) is 7.59. The van der Waals surface area contributed by atoms with Gasteiger partial charge in [0.25, 0.3) is 0 Å². The molecule has 2 N–H and O–H groups in total. The zero-order valence-electron chi connectivity index (χ0n) is 11.4. The molecule has 2 rings (SSSR count). The number of aliphatic imine (C=N–C) groups is 1. The normalized spacial score (nSPS) is 12.3. The van der Waals surface area contributed by atoms with E-state index in [0.717, 1.165) is 14.8 Å². The maximum absolute atomic E-state index is 8.81. The largest absolute Gasteiger partial charge is 0.349 e. The Balaban J connectivity index is 2.10. The number of nitrogens with one attached hydrogen (secondary N) is 2. The van der Waals surface area contributed by atoms with Crippen molar-refractivity contribution in [1.82, 2.24) is 10.3 Å². The van der Waals surface area contributed by atoms with Crippen molar-refractivity contribution in [3.05, 3.63) is 57.9 Å². The van der Waals surface area contributed by atoms with E-state index in [1.165, 1.54) is 0 Å². The average molecular weight is 391 g/mol. The Hall–Kier alpha value is -2.14. The van der Waals surface area contributed by atoms with Crippen LogP contribution in [0.5, 0.6) is 0 Å². The van der Waals surface area contributed by atoms with Gasteiger partial charge in [0.15, 0.2) is 0 Å². The highest BCUT2D eigenvalue weighted by molar-refractivity contribution is 14.1. The molecule has 1 heterocycles. The molecular weight excluding hydrogens is 377 g/mol. The minimum Gasteiger partial charge on any atom is -0.349 e. The third-order valence-corrected chi connectivity index (χ3v) is 3.46. The van der Waals surface area contributed by atoms with E-state index in [1.54, 1.807) is 18.6 Å². The molecule has 0 fully saturated rings. The summed E-state index contributed by atoms with van der Waals surface area (Å²) in [6, 6.07) is 11.9. The Morgan fingerprint density at radius 1 is 1.38 bits per heavy atom. The summed E-state index contributed by atoms with van der Waals surface area (Å²) in [6.45, 7) is 2.02. The van der Waals surface area contributed by atoms with E-state index in [4.69, 9.17) is 5.26 Å². The monoisotopic (exact) mass is 391 g/mol. The highest BCUT2D eigenvalue weighted by atomic mass is 127. The third-order valence-electron chi connectivity index (χ3n) is 2.79. The van der Waals surface area contributed by atoms with Gasteiger partial charge in [0.2, 0.25) is 12.2 Å². The van der Waals surface area contributed by atoms with Gasteiger partial charge in [-0.1, -0.05) is 12.1 Å². The summed E-state index contributed by atoms with van der Waals surface area (Å²) < 4.78 is 1.16. The fraction of sp³-hybridized carbons (Fsp3) is 0.133. The molecule has 1 aromatic carbocycles. The SMILES string of the molecule is CC(NC(=NC#N)Nc1cccnc1)c1cccc(I)c1. The molecule has 1 atom stereocenters. The summed E-state index contributed by atoms with van der Waals surface area (Å²) in [5.41, 5.74) is 1.90. The first kappa shape index (κ1) is 15.3. The van der Waals surface area contributed by atoms with Crippen LogP contribution in [0.2, 0.25) is 0 Å². The molecule has 5 nitrogen and oxygen atoms in total. The van der Waals surface area contributed by atoms with Gasteiger partial charge in [-0.25, -0.2) is 0 Å². The topological polar surface area (TPSA) is 73.1 Å². The summed E-state index contributed by atoms with van der Waals surface area (Å²) in [7, 11) is 0. The number of guanidine groups is 1. The lowest BCUT2D eigenvalue weighted by atomic mass is 10.1. The number of halogens is 1. The van der Waals surface area contributed by atoms with Crippen LogP contribution < -0.4 is 10.6 Å². The van der Waals surface area contributed by atoms with Crippen LogP contribution in [-0.4, -0.2) is 10.9 Å². The van der Waals surface area contributed by atoms with Crippen molar-refractivity contribution in [3.63, 3.8) is 0 Å². The molecule has 0 aliphatic rings. The summed E-state index contributed by atoms with van der Waals surface area (Å²) in [6.07, 6.45) is 5.16. The van der Waals surface area contributed by atoms with Crippen molar-refractivity contribution in [3.8, 4) is 6.19 Å². The summed E-state index contributed by atoms with van der Waals surface area (Å²) in [5, 5.41) is 15.1. The number of benzene rings is 1. The second-order valence-corrected chi connectivity index (χ2v) is 5.59. The van der Waals surface area contributed by atoms with Crippen molar-refractivity contribution in [2.24, 2.45) is 4.99 Å². The molecule has 106 valence electrons. The zero-order chi connectivity index (χ0) is 15.1. The Morgan fingerprint density at radius 3 is 2.90 bits per heavy atom. The van der Waals surface area contributed by atoms with Gasteiger partial charge in [-0.2, -0.15) is 5.26 Å². The van der Waals surface area contributed by atoms with Crippen LogP contribution in [0.1, 0.15) is 18.5 Å². The molecule has 0 saturated heterocycles. The van der Waals surface area contributed by atoms with Gasteiger partial charge in [0.1, 0.15) is 0 Å². The van der Waals surface area contributed by atoms with Crippen LogP contribution in [0.15, 0.2) is 53.8 Å². The third kappa shape index (κ3) is 4.72. The molecule has 0 aliphatic heterocycles. The van der Waals surface area contributed by atoms with Crippen molar-refractivity contribution in [2.75, 3.05) is 5.32 Å². The highest BCUT2D eigenvalue weighted by Gasteiger charge is 2.09. The van der Waals surface area contributed by atoms with Crippen molar-refractivity contribution in [1.29, 1.82) is 5.26 Å². The lowest BCUT2D eigenvalue weighted by Gasteiger charge is -2.17. The highest BCUT2D eigenvalue weighted by Crippen LogP contribution is 2.15. The maximum Gasteiger partial charge on any atom is 0.212 e. The van der Waals surface area contributed by atoms with Gasteiger partial charge in [-0.3, -0.25) is 4.98 Å². The number of rotatable bonds is 3. The van der Waals surface area contributed by atoms with E-state index < -0.39 is 0 Å². The van der Waals surface area contributed by atoms with E-state index >= 15 is 0 Å². The molecule has 1 unspecified atom stereocenters. The Bertz CT molecular complexity index is 663. The number of pyridine rings is 1. The van der Waals surface area contributed by atoms with E-state index in [2.05, 4.69) is 49.3 Å². The molecule has 2 aromatic rings. The molecule has 0 amide bonds. The molecule has 0 spiro atoms.